The van der Waals surface area contributed by atoms with Gasteiger partial charge in [0.05, 0.1) is 5.70 Å². The molecule has 13 rings (SSSR count). The maximum Gasteiger partial charge on any atom is 0.179 e. The summed E-state index contributed by atoms with van der Waals surface area (Å²) in [6, 6.07) is 62.1. The normalized spacial score (nSPS) is 20.9. The number of allylic oxidation sites excluding steroid dienone is 4. The number of aliphatic imine (C=N–C) groups is 3. The molecule has 7 aromatic carbocycles. The number of hydrogen-bond acceptors (Lipinski definition) is 7. The van der Waals surface area contributed by atoms with Gasteiger partial charge in [0.15, 0.2) is 5.66 Å². The summed E-state index contributed by atoms with van der Waals surface area (Å²) in [4.78, 5) is 16.5. The first-order chi connectivity index (χ1) is 32.1. The van der Waals surface area contributed by atoms with Crippen LogP contribution in [0.1, 0.15) is 46.7 Å². The van der Waals surface area contributed by atoms with Crippen molar-refractivity contribution in [1.29, 1.82) is 0 Å². The van der Waals surface area contributed by atoms with Crippen LogP contribution in [0.3, 0.4) is 0 Å². The summed E-state index contributed by atoms with van der Waals surface area (Å²) in [5.41, 5.74) is 10.6. The number of nitrogens with one attached hydrogen (secondary N) is 2. The molecule has 1 fully saturated rings. The van der Waals surface area contributed by atoms with Crippen LogP contribution in [0.15, 0.2) is 227 Å². The molecule has 0 amide bonds. The van der Waals surface area contributed by atoms with E-state index in [0.29, 0.717) is 0 Å². The molecule has 0 bridgehead atoms. The Morgan fingerprint density at radius 3 is 1.80 bits per heavy atom. The highest BCUT2D eigenvalue weighted by Crippen LogP contribution is 2.76. The molecule has 3 aliphatic heterocycles. The van der Waals surface area contributed by atoms with E-state index in [1.165, 1.54) is 25.7 Å². The molecule has 4 heterocycles. The van der Waals surface area contributed by atoms with E-state index in [0.717, 1.165) is 91.3 Å². The van der Waals surface area contributed by atoms with Crippen LogP contribution in [0.2, 0.25) is 0 Å². The van der Waals surface area contributed by atoms with E-state index >= 15 is 0 Å². The van der Waals surface area contributed by atoms with Crippen LogP contribution in [0.4, 0.5) is 0 Å². The smallest absolute Gasteiger partial charge is 0.179 e. The molecule has 2 atom stereocenters. The summed E-state index contributed by atoms with van der Waals surface area (Å²) < 4.78 is 9.24. The Hall–Kier alpha value is -7.87. The van der Waals surface area contributed by atoms with Crippen molar-refractivity contribution in [2.24, 2.45) is 20.9 Å². The summed E-state index contributed by atoms with van der Waals surface area (Å²) in [6.07, 6.45) is 9.53. The minimum Gasteiger partial charge on any atom is -0.460 e. The Bertz CT molecular complexity index is 3430. The molecule has 2 aliphatic carbocycles. The van der Waals surface area contributed by atoms with Crippen molar-refractivity contribution in [3.63, 3.8) is 0 Å². The molecular formula is C58H41N5OS. The summed E-state index contributed by atoms with van der Waals surface area (Å²) in [5, 5.41) is 9.86. The largest absolute Gasteiger partial charge is 0.460 e. The van der Waals surface area contributed by atoms with Gasteiger partial charge in [-0.2, -0.15) is 0 Å². The summed E-state index contributed by atoms with van der Waals surface area (Å²) in [5.74, 6) is 4.18. The standard InChI is InChI=1S/C58H41N5OS/c1-36-25-29-47(37-15-6-2-7-16-37)59-54(60-53(36)38-17-8-3-9-18-38)43-28-32-50-45(34-43)44-33-41(27-31-49(44)65-50)42-26-30-48-46(35-42)57-51(23-14-24-52(57)64-48)58(57)62-55(39-19-10-4-11-20-39)61-56(63-58)40-21-12-5-13-22-40/h2-24,26-35,51H,25H2,1H3,(H,59,60)(H,61,62,63)/b47-29+,53-36?. The van der Waals surface area contributed by atoms with Gasteiger partial charge >= 0.3 is 0 Å². The van der Waals surface area contributed by atoms with Crippen LogP contribution in [-0.2, 0) is 5.41 Å². The Morgan fingerprint density at radius 1 is 0.569 bits per heavy atom. The van der Waals surface area contributed by atoms with E-state index in [1.54, 1.807) is 0 Å². The number of fused-ring (bicyclic) bond motifs is 5. The molecule has 2 spiro atoms. The number of hydrogen-bond donors (Lipinski definition) is 2. The van der Waals surface area contributed by atoms with E-state index < -0.39 is 11.1 Å². The Balaban J connectivity index is 0.920. The van der Waals surface area contributed by atoms with E-state index in [2.05, 4.69) is 206 Å². The second-order valence-electron chi connectivity index (χ2n) is 17.3. The number of nitrogens with zero attached hydrogens (tertiary/aromatic N) is 3. The van der Waals surface area contributed by atoms with Gasteiger partial charge in [0.25, 0.3) is 0 Å². The molecule has 5 aliphatic rings. The summed E-state index contributed by atoms with van der Waals surface area (Å²) in [7, 11) is 0. The second kappa shape index (κ2) is 14.6. The average molecular weight is 856 g/mol. The summed E-state index contributed by atoms with van der Waals surface area (Å²) >= 11 is 1.82. The predicted molar refractivity (Wildman–Crippen MR) is 267 cm³/mol. The minimum absolute atomic E-state index is 0.0177. The Kier molecular flexibility index (Phi) is 8.45. The van der Waals surface area contributed by atoms with Crippen molar-refractivity contribution in [2.45, 2.75) is 24.4 Å². The molecule has 0 radical (unpaired) electrons. The lowest BCUT2D eigenvalue weighted by molar-refractivity contribution is 0.404. The molecule has 2 unspecified atom stereocenters. The van der Waals surface area contributed by atoms with Crippen molar-refractivity contribution in [3.05, 3.63) is 245 Å². The zero-order chi connectivity index (χ0) is 43.1. The molecule has 1 saturated carbocycles. The van der Waals surface area contributed by atoms with Crippen molar-refractivity contribution < 1.29 is 4.74 Å². The zero-order valence-corrected chi connectivity index (χ0v) is 36.3. The third-order valence-electron chi connectivity index (χ3n) is 13.6. The van der Waals surface area contributed by atoms with Gasteiger partial charge in [-0.05, 0) is 89.7 Å². The monoisotopic (exact) mass is 855 g/mol. The van der Waals surface area contributed by atoms with Crippen molar-refractivity contribution in [3.8, 4) is 16.9 Å². The van der Waals surface area contributed by atoms with Crippen LogP contribution in [0.25, 0.3) is 42.7 Å². The zero-order valence-electron chi connectivity index (χ0n) is 35.5. The molecule has 310 valence electrons. The van der Waals surface area contributed by atoms with E-state index in [-0.39, 0.29) is 5.92 Å². The quantitative estimate of drug-likeness (QED) is 0.175. The van der Waals surface area contributed by atoms with Gasteiger partial charge < -0.3 is 15.4 Å². The fraction of sp³-hybridized carbons (Fsp3) is 0.0862. The van der Waals surface area contributed by atoms with Gasteiger partial charge in [-0.3, -0.25) is 0 Å². The van der Waals surface area contributed by atoms with Crippen molar-refractivity contribution in [2.75, 3.05) is 0 Å². The average Bonchev–Trinajstić information content (AvgIpc) is 3.57. The van der Waals surface area contributed by atoms with Gasteiger partial charge in [-0.15, -0.1) is 11.3 Å². The molecule has 1 aromatic heterocycles. The lowest BCUT2D eigenvalue weighted by Crippen LogP contribution is -2.40. The van der Waals surface area contributed by atoms with E-state index in [1.807, 2.05) is 23.5 Å². The molecule has 8 aromatic rings. The fourth-order valence-corrected chi connectivity index (χ4v) is 11.4. The van der Waals surface area contributed by atoms with Gasteiger partial charge in [-0.1, -0.05) is 152 Å². The van der Waals surface area contributed by atoms with Crippen LogP contribution in [0, 0.1) is 5.92 Å². The summed E-state index contributed by atoms with van der Waals surface area (Å²) in [6.45, 7) is 2.21. The van der Waals surface area contributed by atoms with Crippen molar-refractivity contribution >= 4 is 60.4 Å². The molecule has 65 heavy (non-hydrogen) atoms. The van der Waals surface area contributed by atoms with Gasteiger partial charge in [-0.25, -0.2) is 15.0 Å². The van der Waals surface area contributed by atoms with Crippen LogP contribution in [-0.4, -0.2) is 23.2 Å². The van der Waals surface area contributed by atoms with Gasteiger partial charge in [0, 0.05) is 54.0 Å². The van der Waals surface area contributed by atoms with Crippen LogP contribution < -0.4 is 15.4 Å². The maximum absolute atomic E-state index is 6.77. The molecule has 0 saturated heterocycles. The fourth-order valence-electron chi connectivity index (χ4n) is 10.4. The lowest BCUT2D eigenvalue weighted by atomic mass is 9.87. The number of thiophene rings is 1. The first kappa shape index (κ1) is 37.7. The second-order valence-corrected chi connectivity index (χ2v) is 18.4. The first-order valence-electron chi connectivity index (χ1n) is 22.2. The number of amidine groups is 3. The van der Waals surface area contributed by atoms with Crippen molar-refractivity contribution in [1.82, 2.24) is 10.6 Å². The Morgan fingerprint density at radius 2 is 1.14 bits per heavy atom. The highest BCUT2D eigenvalue weighted by molar-refractivity contribution is 7.25. The van der Waals surface area contributed by atoms with E-state index in [4.69, 9.17) is 19.7 Å². The SMILES string of the molecule is CC1=C(c2ccccc2)NC(c2ccc3sc4ccc(-c5ccc6c(c5)C57C(=CC=CC5C75N=C(c7ccccc7)NC(c7ccccc7)=N5)O6)cc4c3c2)=N/C(c2ccccc2)=C/C1. The highest BCUT2D eigenvalue weighted by Gasteiger charge is 2.84. The third kappa shape index (κ3) is 5.89. The number of ether oxygens (including phenoxy) is 1. The third-order valence-corrected chi connectivity index (χ3v) is 14.7. The van der Waals surface area contributed by atoms with Gasteiger partial charge in [0.1, 0.15) is 34.4 Å². The first-order valence-corrected chi connectivity index (χ1v) is 23.0. The topological polar surface area (TPSA) is 70.4 Å². The Labute approximate surface area is 381 Å². The van der Waals surface area contributed by atoms with Crippen LogP contribution >= 0.6 is 11.3 Å². The van der Waals surface area contributed by atoms with E-state index in [9.17, 15) is 0 Å². The number of benzene rings is 7. The minimum atomic E-state index is -0.821. The molecule has 6 nitrogen and oxygen atoms in total. The van der Waals surface area contributed by atoms with Gasteiger partial charge in [0.2, 0.25) is 0 Å². The highest BCUT2D eigenvalue weighted by atomic mass is 32.1. The number of rotatable bonds is 6. The van der Waals surface area contributed by atoms with Crippen LogP contribution in [0.5, 0.6) is 5.75 Å². The maximum atomic E-state index is 6.77. The molecular weight excluding hydrogens is 815 g/mol. The lowest BCUT2D eigenvalue weighted by Gasteiger charge is -2.25. The molecule has 2 N–H and O–H groups in total. The molecule has 7 heteroatoms. The predicted octanol–water partition coefficient (Wildman–Crippen LogP) is 12.8.